The average Bonchev–Trinajstić information content (AvgIpc) is 2.52. The van der Waals surface area contributed by atoms with Crippen LogP contribution >= 0.6 is 0 Å². The van der Waals surface area contributed by atoms with Crippen molar-refractivity contribution in [3.8, 4) is 0 Å². The molecule has 1 saturated carbocycles. The number of nitrogens with two attached hydrogens (primary N) is 1. The molecule has 0 radical (unpaired) electrons. The van der Waals surface area contributed by atoms with Crippen LogP contribution in [-0.4, -0.2) is 66.0 Å². The smallest absolute Gasteiger partial charge is 0.338 e. The summed E-state index contributed by atoms with van der Waals surface area (Å²) in [6.07, 6.45) is 2.58. The molecule has 3 atom stereocenters. The molecule has 26 heavy (non-hydrogen) atoms. The zero-order chi connectivity index (χ0) is 20.1. The van der Waals surface area contributed by atoms with Gasteiger partial charge in [0, 0.05) is 19.5 Å². The lowest BCUT2D eigenvalue weighted by Gasteiger charge is -2.38. The maximum atomic E-state index is 12.6. The minimum absolute atomic E-state index is 0.219. The first kappa shape index (κ1) is 21.9. The number of ether oxygens (including phenoxy) is 1. The first-order chi connectivity index (χ1) is 12.0. The molecule has 148 valence electrons. The lowest BCUT2D eigenvalue weighted by molar-refractivity contribution is -0.165. The van der Waals surface area contributed by atoms with E-state index in [9.17, 15) is 19.2 Å². The van der Waals surface area contributed by atoms with Crippen molar-refractivity contribution in [1.82, 2.24) is 10.2 Å². The predicted molar refractivity (Wildman–Crippen MR) is 93.0 cm³/mol. The molecular formula is C17H29N3O6. The Bertz CT molecular complexity index is 561. The van der Waals surface area contributed by atoms with E-state index >= 15 is 0 Å². The largest absolute Gasteiger partial charge is 0.481 e. The third-order valence-corrected chi connectivity index (χ3v) is 4.61. The van der Waals surface area contributed by atoms with E-state index in [4.69, 9.17) is 15.6 Å². The second-order valence-corrected chi connectivity index (χ2v) is 7.54. The zero-order valence-corrected chi connectivity index (χ0v) is 15.8. The van der Waals surface area contributed by atoms with Gasteiger partial charge in [-0.15, -0.1) is 0 Å². The highest BCUT2D eigenvalue weighted by Gasteiger charge is 2.39. The number of nitrogens with zero attached hydrogens (tertiary/aromatic N) is 1. The van der Waals surface area contributed by atoms with Gasteiger partial charge in [-0.05, 0) is 19.3 Å². The minimum Gasteiger partial charge on any atom is -0.481 e. The summed E-state index contributed by atoms with van der Waals surface area (Å²) in [5.74, 6) is -3.68. The van der Waals surface area contributed by atoms with Crippen LogP contribution in [0, 0.1) is 5.41 Å². The lowest BCUT2D eigenvalue weighted by Crippen LogP contribution is -2.56. The summed E-state index contributed by atoms with van der Waals surface area (Å²) in [7, 11) is 2.88. The van der Waals surface area contributed by atoms with Gasteiger partial charge in [0.05, 0.1) is 12.5 Å². The zero-order valence-electron chi connectivity index (χ0n) is 15.8. The predicted octanol–water partition coefficient (Wildman–Crippen LogP) is -0.127. The van der Waals surface area contributed by atoms with E-state index in [1.807, 2.05) is 13.8 Å². The van der Waals surface area contributed by atoms with Crippen molar-refractivity contribution in [3.05, 3.63) is 0 Å². The van der Waals surface area contributed by atoms with Gasteiger partial charge in [-0.2, -0.15) is 0 Å². The number of hydrogen-bond donors (Lipinski definition) is 3. The van der Waals surface area contributed by atoms with Crippen molar-refractivity contribution in [1.29, 1.82) is 0 Å². The van der Waals surface area contributed by atoms with Gasteiger partial charge in [0.25, 0.3) is 5.91 Å². The Morgan fingerprint density at radius 2 is 1.88 bits per heavy atom. The summed E-state index contributed by atoms with van der Waals surface area (Å²) in [4.78, 5) is 48.8. The number of carbonyl (C=O) groups excluding carboxylic acids is 3. The van der Waals surface area contributed by atoms with Crippen molar-refractivity contribution in [2.45, 2.75) is 64.1 Å². The van der Waals surface area contributed by atoms with Gasteiger partial charge in [0.1, 0.15) is 6.10 Å². The van der Waals surface area contributed by atoms with Gasteiger partial charge < -0.3 is 25.8 Å². The molecule has 0 bridgehead atoms. The number of rotatable bonds is 7. The Balaban J connectivity index is 2.88. The quantitative estimate of drug-likeness (QED) is 0.418. The molecule has 9 nitrogen and oxygen atoms in total. The normalized spacial score (nSPS) is 21.2. The van der Waals surface area contributed by atoms with Crippen LogP contribution in [0.2, 0.25) is 0 Å². The summed E-state index contributed by atoms with van der Waals surface area (Å²) in [5.41, 5.74) is 5.28. The fourth-order valence-corrected chi connectivity index (χ4v) is 2.90. The monoisotopic (exact) mass is 371 g/mol. The third kappa shape index (κ3) is 5.98. The highest BCUT2D eigenvalue weighted by molar-refractivity contribution is 6.05. The second-order valence-electron chi connectivity index (χ2n) is 7.54. The van der Waals surface area contributed by atoms with Gasteiger partial charge in [-0.3, -0.25) is 14.4 Å². The van der Waals surface area contributed by atoms with E-state index in [1.165, 1.54) is 14.1 Å². The maximum Gasteiger partial charge on any atom is 0.338 e. The number of nitrogens with one attached hydrogen (secondary N) is 1. The highest BCUT2D eigenvalue weighted by atomic mass is 16.5. The van der Waals surface area contributed by atoms with Crippen molar-refractivity contribution >= 4 is 23.8 Å². The Hall–Kier alpha value is -2.16. The van der Waals surface area contributed by atoms with Crippen LogP contribution in [0.1, 0.15) is 46.0 Å². The molecule has 0 spiro atoms. The highest BCUT2D eigenvalue weighted by Crippen LogP contribution is 2.37. The Kier molecular flexibility index (Phi) is 7.55. The van der Waals surface area contributed by atoms with Crippen LogP contribution in [0.5, 0.6) is 0 Å². The standard InChI is InChI=1S/C17H29N3O6/c1-17(2)8-6-5-7-11(17)26-16(25)13(15(24)20(3)4)19-14(23)10(18)9-12(21)22/h10-11,13H,5-9,18H2,1-4H3,(H,19,23)(H,21,22)/t10-,11?,13?/m0/s1. The average molecular weight is 371 g/mol. The van der Waals surface area contributed by atoms with Gasteiger partial charge in [-0.1, -0.05) is 20.3 Å². The number of esters is 1. The van der Waals surface area contributed by atoms with E-state index < -0.39 is 42.3 Å². The third-order valence-electron chi connectivity index (χ3n) is 4.61. The Morgan fingerprint density at radius 1 is 1.27 bits per heavy atom. The molecule has 1 aliphatic carbocycles. The Labute approximate surface area is 153 Å². The number of aliphatic carboxylic acids is 1. The Morgan fingerprint density at radius 3 is 2.38 bits per heavy atom. The number of carboxylic acid groups (broad SMARTS) is 1. The molecule has 1 fully saturated rings. The molecule has 1 aliphatic rings. The van der Waals surface area contributed by atoms with Gasteiger partial charge in [0.15, 0.2) is 0 Å². The molecule has 0 aromatic carbocycles. The molecule has 4 N–H and O–H groups in total. The number of likely N-dealkylation sites (N-methyl/N-ethyl adjacent to an activating group) is 1. The summed E-state index contributed by atoms with van der Waals surface area (Å²) >= 11 is 0. The maximum absolute atomic E-state index is 12.6. The summed E-state index contributed by atoms with van der Waals surface area (Å²) in [5, 5.41) is 10.9. The van der Waals surface area contributed by atoms with Crippen molar-refractivity contribution in [2.75, 3.05) is 14.1 Å². The van der Waals surface area contributed by atoms with Gasteiger partial charge in [0.2, 0.25) is 11.9 Å². The van der Waals surface area contributed by atoms with Crippen molar-refractivity contribution in [2.24, 2.45) is 11.1 Å². The number of carbonyl (C=O) groups is 4. The lowest BCUT2D eigenvalue weighted by atomic mass is 9.75. The van der Waals surface area contributed by atoms with Gasteiger partial charge in [-0.25, -0.2) is 4.79 Å². The molecular weight excluding hydrogens is 342 g/mol. The van der Waals surface area contributed by atoms with Crippen molar-refractivity contribution < 1.29 is 29.0 Å². The summed E-state index contributed by atoms with van der Waals surface area (Å²) < 4.78 is 5.54. The molecule has 0 saturated heterocycles. The van der Waals surface area contributed by atoms with Gasteiger partial charge >= 0.3 is 11.9 Å². The topological polar surface area (TPSA) is 139 Å². The first-order valence-electron chi connectivity index (χ1n) is 8.65. The van der Waals surface area contributed by atoms with E-state index in [0.29, 0.717) is 6.42 Å². The molecule has 0 aliphatic heterocycles. The van der Waals surface area contributed by atoms with E-state index in [0.717, 1.165) is 24.2 Å². The molecule has 9 heteroatoms. The molecule has 1 rings (SSSR count). The first-order valence-corrected chi connectivity index (χ1v) is 8.65. The SMILES string of the molecule is CN(C)C(=O)C(NC(=O)[C@@H](N)CC(=O)O)C(=O)OC1CCCCC1(C)C. The van der Waals surface area contributed by atoms with Crippen LogP contribution in [0.15, 0.2) is 0 Å². The van der Waals surface area contributed by atoms with Crippen molar-refractivity contribution in [3.63, 3.8) is 0 Å². The van der Waals surface area contributed by atoms with E-state index in [-0.39, 0.29) is 11.5 Å². The van der Waals surface area contributed by atoms with Crippen LogP contribution < -0.4 is 11.1 Å². The fraction of sp³-hybridized carbons (Fsp3) is 0.765. The molecule has 0 heterocycles. The number of amides is 2. The van der Waals surface area contributed by atoms with Crippen LogP contribution in [0.4, 0.5) is 0 Å². The van der Waals surface area contributed by atoms with Crippen LogP contribution in [-0.2, 0) is 23.9 Å². The minimum atomic E-state index is -1.56. The number of carboxylic acids is 1. The molecule has 2 unspecified atom stereocenters. The van der Waals surface area contributed by atoms with Crippen LogP contribution in [0.3, 0.4) is 0 Å². The second kappa shape index (κ2) is 8.98. The number of hydrogen-bond acceptors (Lipinski definition) is 6. The summed E-state index contributed by atoms with van der Waals surface area (Å²) in [6.45, 7) is 3.99. The molecule has 0 aromatic heterocycles. The molecule has 2 amide bonds. The van der Waals surface area contributed by atoms with E-state index in [2.05, 4.69) is 5.32 Å². The van der Waals surface area contributed by atoms with E-state index in [1.54, 1.807) is 0 Å². The summed E-state index contributed by atoms with van der Waals surface area (Å²) in [6, 6.07) is -2.93. The van der Waals surface area contributed by atoms with Crippen LogP contribution in [0.25, 0.3) is 0 Å². The fourth-order valence-electron chi connectivity index (χ4n) is 2.90. The molecule has 0 aromatic rings.